The summed E-state index contributed by atoms with van der Waals surface area (Å²) in [5.41, 5.74) is 1.55. The molecular weight excluding hydrogens is 430 g/mol. The van der Waals surface area contributed by atoms with Gasteiger partial charge in [0.05, 0.1) is 35.4 Å². The number of anilines is 1. The summed E-state index contributed by atoms with van der Waals surface area (Å²) in [5.74, 6) is -1.68. The first-order valence-corrected chi connectivity index (χ1v) is 9.89. The van der Waals surface area contributed by atoms with Crippen LogP contribution in [0.25, 0.3) is 5.76 Å². The highest BCUT2D eigenvalue weighted by Gasteiger charge is 2.47. The molecule has 1 unspecified atom stereocenters. The summed E-state index contributed by atoms with van der Waals surface area (Å²) >= 11 is 6.08. The number of rotatable bonds is 4. The fraction of sp³-hybridized carbons (Fsp3) is 0.0833. The van der Waals surface area contributed by atoms with Crippen molar-refractivity contribution in [3.05, 3.63) is 94.3 Å². The molecule has 0 bridgehead atoms. The van der Waals surface area contributed by atoms with E-state index in [1.54, 1.807) is 42.6 Å². The van der Waals surface area contributed by atoms with Crippen molar-refractivity contribution in [3.8, 4) is 11.8 Å². The van der Waals surface area contributed by atoms with E-state index >= 15 is 0 Å². The smallest absolute Gasteiger partial charge is 0.300 e. The Morgan fingerprint density at radius 2 is 1.94 bits per heavy atom. The molecule has 32 heavy (non-hydrogen) atoms. The highest BCUT2D eigenvalue weighted by Crippen LogP contribution is 2.42. The Kier molecular flexibility index (Phi) is 5.63. The molecule has 158 valence electrons. The summed E-state index contributed by atoms with van der Waals surface area (Å²) in [6, 6.07) is 15.3. The third kappa shape index (κ3) is 3.57. The number of pyridine rings is 1. The van der Waals surface area contributed by atoms with Crippen LogP contribution in [0.5, 0.6) is 5.75 Å². The van der Waals surface area contributed by atoms with Gasteiger partial charge in [0, 0.05) is 23.6 Å². The first-order valence-electron chi connectivity index (χ1n) is 9.51. The van der Waals surface area contributed by atoms with Crippen LogP contribution in [0.1, 0.15) is 22.7 Å². The van der Waals surface area contributed by atoms with Crippen LogP contribution in [0.4, 0.5) is 5.69 Å². The van der Waals surface area contributed by atoms with Gasteiger partial charge >= 0.3 is 0 Å². The Hall–Kier alpha value is -4.15. The average molecular weight is 446 g/mol. The zero-order chi connectivity index (χ0) is 22.8. The van der Waals surface area contributed by atoms with Crippen LogP contribution in [0.15, 0.2) is 72.6 Å². The topological polar surface area (TPSA) is 104 Å². The van der Waals surface area contributed by atoms with Crippen molar-refractivity contribution in [2.24, 2.45) is 0 Å². The van der Waals surface area contributed by atoms with Crippen LogP contribution < -0.4 is 9.64 Å². The van der Waals surface area contributed by atoms with Crippen molar-refractivity contribution < 1.29 is 19.4 Å². The highest BCUT2D eigenvalue weighted by molar-refractivity contribution is 6.51. The lowest BCUT2D eigenvalue weighted by Gasteiger charge is -2.25. The van der Waals surface area contributed by atoms with E-state index in [0.717, 1.165) is 0 Å². The summed E-state index contributed by atoms with van der Waals surface area (Å²) in [4.78, 5) is 31.6. The molecular formula is C24H16ClN3O4. The van der Waals surface area contributed by atoms with Crippen molar-refractivity contribution in [1.29, 1.82) is 5.26 Å². The Morgan fingerprint density at radius 3 is 2.56 bits per heavy atom. The number of carbonyl (C=O) groups is 2. The lowest BCUT2D eigenvalue weighted by Crippen LogP contribution is -2.29. The SMILES string of the molecule is COc1cc(/C(O)=C2/C(=O)C(=O)N(c3ccc(C#N)cc3)C2c2cccnc2)ccc1Cl. The van der Waals surface area contributed by atoms with Gasteiger partial charge in [0.1, 0.15) is 11.5 Å². The molecule has 3 aromatic rings. The molecule has 1 fully saturated rings. The molecule has 1 amide bonds. The summed E-state index contributed by atoms with van der Waals surface area (Å²) in [5, 5.41) is 20.5. The summed E-state index contributed by atoms with van der Waals surface area (Å²) in [7, 11) is 1.44. The van der Waals surface area contributed by atoms with E-state index in [1.165, 1.54) is 36.4 Å². The normalized spacial score (nSPS) is 17.3. The molecule has 4 rings (SSSR count). The zero-order valence-corrected chi connectivity index (χ0v) is 17.6. The van der Waals surface area contributed by atoms with Gasteiger partial charge < -0.3 is 9.84 Å². The number of hydrogen-bond acceptors (Lipinski definition) is 6. The molecule has 1 atom stereocenters. The standard InChI is InChI=1S/C24H16ClN3O4/c1-32-19-11-15(6-9-18(19)25)22(29)20-21(16-3-2-10-27-13-16)28(24(31)23(20)30)17-7-4-14(12-26)5-8-17/h2-11,13,21,29H,1H3/b22-20-. The first kappa shape index (κ1) is 21.1. The second kappa shape index (κ2) is 8.53. The quantitative estimate of drug-likeness (QED) is 0.366. The molecule has 2 aromatic carbocycles. The summed E-state index contributed by atoms with van der Waals surface area (Å²) in [6.07, 6.45) is 3.10. The summed E-state index contributed by atoms with van der Waals surface area (Å²) in [6.45, 7) is 0. The van der Waals surface area contributed by atoms with Gasteiger partial charge in [-0.05, 0) is 54.1 Å². The third-order valence-electron chi connectivity index (χ3n) is 5.14. The maximum absolute atomic E-state index is 13.1. The predicted octanol–water partition coefficient (Wildman–Crippen LogP) is 4.24. The number of nitrogens with zero attached hydrogens (tertiary/aromatic N) is 3. The van der Waals surface area contributed by atoms with Gasteiger partial charge in [-0.1, -0.05) is 17.7 Å². The number of aromatic nitrogens is 1. The van der Waals surface area contributed by atoms with Crippen LogP contribution in [0.2, 0.25) is 5.02 Å². The lowest BCUT2D eigenvalue weighted by molar-refractivity contribution is -0.132. The number of carbonyl (C=O) groups excluding carboxylic acids is 2. The van der Waals surface area contributed by atoms with Gasteiger partial charge in [0.25, 0.3) is 11.7 Å². The molecule has 0 spiro atoms. The molecule has 1 aliphatic rings. The van der Waals surface area contributed by atoms with Gasteiger partial charge in [0.15, 0.2) is 0 Å². The van der Waals surface area contributed by atoms with E-state index in [2.05, 4.69) is 4.98 Å². The fourth-order valence-corrected chi connectivity index (χ4v) is 3.81. The molecule has 0 radical (unpaired) electrons. The number of hydrogen-bond donors (Lipinski definition) is 1. The minimum Gasteiger partial charge on any atom is -0.507 e. The van der Waals surface area contributed by atoms with Crippen LogP contribution in [0.3, 0.4) is 0 Å². The third-order valence-corrected chi connectivity index (χ3v) is 5.46. The fourth-order valence-electron chi connectivity index (χ4n) is 3.61. The second-order valence-electron chi connectivity index (χ2n) is 6.96. The Balaban J connectivity index is 1.93. The summed E-state index contributed by atoms with van der Waals surface area (Å²) < 4.78 is 5.21. The first-order chi connectivity index (χ1) is 15.5. The van der Waals surface area contributed by atoms with Crippen molar-refractivity contribution in [1.82, 2.24) is 4.98 Å². The van der Waals surface area contributed by atoms with E-state index in [1.807, 2.05) is 6.07 Å². The van der Waals surface area contributed by atoms with Gasteiger partial charge in [-0.3, -0.25) is 19.5 Å². The number of nitriles is 1. The second-order valence-corrected chi connectivity index (χ2v) is 7.37. The molecule has 0 aliphatic carbocycles. The Morgan fingerprint density at radius 1 is 1.19 bits per heavy atom. The van der Waals surface area contributed by atoms with Crippen LogP contribution in [-0.2, 0) is 9.59 Å². The molecule has 1 aliphatic heterocycles. The number of benzene rings is 2. The number of aliphatic hydroxyl groups excluding tert-OH is 1. The molecule has 1 N–H and O–H groups in total. The van der Waals surface area contributed by atoms with Gasteiger partial charge in [-0.25, -0.2) is 0 Å². The van der Waals surface area contributed by atoms with Crippen LogP contribution in [0, 0.1) is 11.3 Å². The number of methoxy groups -OCH3 is 1. The van der Waals surface area contributed by atoms with E-state index in [9.17, 15) is 14.7 Å². The average Bonchev–Trinajstić information content (AvgIpc) is 3.10. The minimum absolute atomic E-state index is 0.0864. The Bertz CT molecular complexity index is 1280. The number of aliphatic hydroxyl groups is 1. The molecule has 1 aromatic heterocycles. The number of Topliss-reactive ketones (excluding diaryl/α,β-unsaturated/α-hetero) is 1. The molecule has 1 saturated heterocycles. The van der Waals surface area contributed by atoms with Crippen LogP contribution >= 0.6 is 11.6 Å². The highest BCUT2D eigenvalue weighted by atomic mass is 35.5. The predicted molar refractivity (Wildman–Crippen MR) is 118 cm³/mol. The van der Waals surface area contributed by atoms with E-state index in [0.29, 0.717) is 27.6 Å². The largest absolute Gasteiger partial charge is 0.507 e. The molecule has 0 saturated carbocycles. The Labute approximate surface area is 188 Å². The van der Waals surface area contributed by atoms with Crippen molar-refractivity contribution >= 4 is 34.7 Å². The van der Waals surface area contributed by atoms with Crippen LogP contribution in [-0.4, -0.2) is 28.9 Å². The van der Waals surface area contributed by atoms with Gasteiger partial charge in [-0.2, -0.15) is 5.26 Å². The van der Waals surface area contributed by atoms with Crippen molar-refractivity contribution in [2.75, 3.05) is 12.0 Å². The molecule has 2 heterocycles. The maximum Gasteiger partial charge on any atom is 0.300 e. The monoisotopic (exact) mass is 445 g/mol. The number of ketones is 1. The lowest BCUT2D eigenvalue weighted by atomic mass is 9.96. The van der Waals surface area contributed by atoms with Gasteiger partial charge in [-0.15, -0.1) is 0 Å². The maximum atomic E-state index is 13.1. The van der Waals surface area contributed by atoms with E-state index in [-0.39, 0.29) is 16.9 Å². The minimum atomic E-state index is -0.918. The van der Waals surface area contributed by atoms with E-state index < -0.39 is 17.7 Å². The molecule has 8 heteroatoms. The van der Waals surface area contributed by atoms with Gasteiger partial charge in [0.2, 0.25) is 0 Å². The number of amides is 1. The molecule has 7 nitrogen and oxygen atoms in total. The zero-order valence-electron chi connectivity index (χ0n) is 16.8. The number of halogens is 1. The van der Waals surface area contributed by atoms with Crippen molar-refractivity contribution in [3.63, 3.8) is 0 Å². The van der Waals surface area contributed by atoms with E-state index in [4.69, 9.17) is 21.6 Å². The van der Waals surface area contributed by atoms with Crippen molar-refractivity contribution in [2.45, 2.75) is 6.04 Å². The number of ether oxygens (including phenoxy) is 1.